The minimum Gasteiger partial charge on any atom is -0.481 e. The van der Waals surface area contributed by atoms with Crippen LogP contribution in [0, 0.1) is 24.7 Å². The molecular weight excluding hydrogens is 260 g/mol. The summed E-state index contributed by atoms with van der Waals surface area (Å²) >= 11 is 0. The molecule has 1 aromatic carbocycles. The molecule has 2 bridgehead atoms. The van der Waals surface area contributed by atoms with E-state index in [-0.39, 0.29) is 5.92 Å². The summed E-state index contributed by atoms with van der Waals surface area (Å²) in [4.78, 5) is 9.93. The Morgan fingerprint density at radius 1 is 1.19 bits per heavy atom. The van der Waals surface area contributed by atoms with Crippen molar-refractivity contribution in [3.8, 4) is 0 Å². The molecule has 0 radical (unpaired) electrons. The molecular formula is C19H28O2. The first-order valence-corrected chi connectivity index (χ1v) is 7.95. The molecule has 1 fully saturated rings. The van der Waals surface area contributed by atoms with E-state index in [0.29, 0.717) is 0 Å². The van der Waals surface area contributed by atoms with Crippen molar-refractivity contribution in [1.29, 1.82) is 0 Å². The van der Waals surface area contributed by atoms with Gasteiger partial charge in [-0.3, -0.25) is 4.79 Å². The third-order valence-electron chi connectivity index (χ3n) is 4.14. The zero-order chi connectivity index (χ0) is 15.7. The van der Waals surface area contributed by atoms with Gasteiger partial charge in [-0.15, -0.1) is 0 Å². The zero-order valence-corrected chi connectivity index (χ0v) is 13.5. The highest BCUT2D eigenvalue weighted by atomic mass is 16.4. The molecule has 0 aliphatic heterocycles. The number of hydrogen-bond acceptors (Lipinski definition) is 1. The van der Waals surface area contributed by atoms with Crippen LogP contribution < -0.4 is 0 Å². The monoisotopic (exact) mass is 288 g/mol. The first kappa shape index (κ1) is 17.5. The summed E-state index contributed by atoms with van der Waals surface area (Å²) in [6, 6.07) is 10.3. The Labute approximate surface area is 128 Å². The Morgan fingerprint density at radius 3 is 1.86 bits per heavy atom. The van der Waals surface area contributed by atoms with Crippen LogP contribution in [0.15, 0.2) is 42.5 Å². The van der Waals surface area contributed by atoms with Gasteiger partial charge in [-0.25, -0.2) is 0 Å². The summed E-state index contributed by atoms with van der Waals surface area (Å²) in [7, 11) is 0. The van der Waals surface area contributed by atoms with Gasteiger partial charge in [0.05, 0.1) is 5.92 Å². The molecule has 3 rings (SSSR count). The predicted octanol–water partition coefficient (Wildman–Crippen LogP) is 5.08. The normalized spacial score (nSPS) is 22.6. The number of hydrogen-bond donors (Lipinski definition) is 1. The van der Waals surface area contributed by atoms with Crippen molar-refractivity contribution in [3.63, 3.8) is 0 Å². The standard InChI is InChI=1S/C7H10.C7H8.C5H10O2/c1-2-7-4-3-6(1)5-7;1-7-5-3-2-4-6-7;1-3-4(2)5(6)7/h1-2,6-7H,3-5H2;2-6H,1H3;4H,3H2,1-2H3,(H,6,7). The van der Waals surface area contributed by atoms with Gasteiger partial charge in [0.1, 0.15) is 0 Å². The van der Waals surface area contributed by atoms with E-state index in [4.69, 9.17) is 5.11 Å². The van der Waals surface area contributed by atoms with Crippen molar-refractivity contribution in [2.45, 2.75) is 46.5 Å². The molecule has 2 heteroatoms. The van der Waals surface area contributed by atoms with Crippen molar-refractivity contribution in [1.82, 2.24) is 0 Å². The van der Waals surface area contributed by atoms with Crippen molar-refractivity contribution in [2.75, 3.05) is 0 Å². The Morgan fingerprint density at radius 2 is 1.71 bits per heavy atom. The molecule has 3 atom stereocenters. The number of rotatable bonds is 2. The van der Waals surface area contributed by atoms with Gasteiger partial charge >= 0.3 is 5.97 Å². The number of carboxylic acid groups (broad SMARTS) is 1. The second-order valence-corrected chi connectivity index (χ2v) is 6.02. The molecule has 0 heterocycles. The lowest BCUT2D eigenvalue weighted by Crippen LogP contribution is -2.06. The largest absolute Gasteiger partial charge is 0.481 e. The molecule has 0 spiro atoms. The van der Waals surface area contributed by atoms with Gasteiger partial charge in [0.15, 0.2) is 0 Å². The Bertz CT molecular complexity index is 424. The number of aliphatic carboxylic acids is 1. The lowest BCUT2D eigenvalue weighted by molar-refractivity contribution is -0.141. The van der Waals surface area contributed by atoms with Crippen molar-refractivity contribution in [2.24, 2.45) is 17.8 Å². The summed E-state index contributed by atoms with van der Waals surface area (Å²) in [6.45, 7) is 5.64. The SMILES string of the molecule is C1=CC2CCC1C2.CCC(C)C(=O)O.Cc1ccccc1. The smallest absolute Gasteiger partial charge is 0.306 e. The highest BCUT2D eigenvalue weighted by Gasteiger charge is 2.25. The molecule has 1 N–H and O–H groups in total. The average Bonchev–Trinajstić information content (AvgIpc) is 3.13. The molecule has 1 aromatic rings. The van der Waals surface area contributed by atoms with Crippen LogP contribution in [0.25, 0.3) is 0 Å². The lowest BCUT2D eigenvalue weighted by Gasteiger charge is -1.96. The van der Waals surface area contributed by atoms with E-state index in [1.807, 2.05) is 25.1 Å². The topological polar surface area (TPSA) is 37.3 Å². The van der Waals surface area contributed by atoms with Crippen LogP contribution in [-0.2, 0) is 4.79 Å². The minimum absolute atomic E-state index is 0.181. The summed E-state index contributed by atoms with van der Waals surface area (Å²) in [5.41, 5.74) is 1.32. The van der Waals surface area contributed by atoms with Gasteiger partial charge < -0.3 is 5.11 Å². The van der Waals surface area contributed by atoms with E-state index in [0.717, 1.165) is 18.3 Å². The molecule has 3 unspecified atom stereocenters. The Kier molecular flexibility index (Phi) is 7.81. The number of fused-ring (bicyclic) bond motifs is 2. The lowest BCUT2D eigenvalue weighted by atomic mass is 10.1. The van der Waals surface area contributed by atoms with Gasteiger partial charge in [0.25, 0.3) is 0 Å². The van der Waals surface area contributed by atoms with E-state index < -0.39 is 5.97 Å². The van der Waals surface area contributed by atoms with E-state index in [9.17, 15) is 4.79 Å². The number of allylic oxidation sites excluding steroid dienone is 2. The van der Waals surface area contributed by atoms with E-state index in [1.165, 1.54) is 24.8 Å². The maximum absolute atomic E-state index is 9.93. The van der Waals surface area contributed by atoms with Gasteiger partial charge in [-0.1, -0.05) is 61.9 Å². The Balaban J connectivity index is 0.000000157. The van der Waals surface area contributed by atoms with Crippen molar-refractivity contribution >= 4 is 5.97 Å². The fourth-order valence-corrected chi connectivity index (χ4v) is 2.43. The number of benzene rings is 1. The zero-order valence-electron chi connectivity index (χ0n) is 13.5. The number of carbonyl (C=O) groups is 1. The van der Waals surface area contributed by atoms with Crippen molar-refractivity contribution in [3.05, 3.63) is 48.0 Å². The van der Waals surface area contributed by atoms with Gasteiger partial charge in [0, 0.05) is 0 Å². The molecule has 2 nitrogen and oxygen atoms in total. The average molecular weight is 288 g/mol. The molecule has 1 saturated carbocycles. The molecule has 2 aliphatic carbocycles. The second-order valence-electron chi connectivity index (χ2n) is 6.02. The second kappa shape index (κ2) is 9.38. The van der Waals surface area contributed by atoms with Crippen molar-refractivity contribution < 1.29 is 9.90 Å². The van der Waals surface area contributed by atoms with E-state index >= 15 is 0 Å². The molecule has 0 aromatic heterocycles. The minimum atomic E-state index is -0.706. The molecule has 0 saturated heterocycles. The first-order valence-electron chi connectivity index (χ1n) is 7.95. The van der Waals surface area contributed by atoms with Gasteiger partial charge in [0.2, 0.25) is 0 Å². The third kappa shape index (κ3) is 7.12. The summed E-state index contributed by atoms with van der Waals surface area (Å²) in [5, 5.41) is 8.18. The maximum Gasteiger partial charge on any atom is 0.306 e. The van der Waals surface area contributed by atoms with Crippen LogP contribution in [0.5, 0.6) is 0 Å². The van der Waals surface area contributed by atoms with E-state index in [2.05, 4.69) is 31.2 Å². The van der Waals surface area contributed by atoms with E-state index in [1.54, 1.807) is 6.92 Å². The fourth-order valence-electron chi connectivity index (χ4n) is 2.43. The highest BCUT2D eigenvalue weighted by molar-refractivity contribution is 5.69. The van der Waals surface area contributed by atoms with Gasteiger partial charge in [-0.05, 0) is 44.4 Å². The molecule has 21 heavy (non-hydrogen) atoms. The predicted molar refractivity (Wildman–Crippen MR) is 88.2 cm³/mol. The molecule has 2 aliphatic rings. The maximum atomic E-state index is 9.93. The van der Waals surface area contributed by atoms with Crippen LogP contribution in [-0.4, -0.2) is 11.1 Å². The van der Waals surface area contributed by atoms with Gasteiger partial charge in [-0.2, -0.15) is 0 Å². The van der Waals surface area contributed by atoms with Crippen LogP contribution in [0.3, 0.4) is 0 Å². The number of aryl methyl sites for hydroxylation is 1. The van der Waals surface area contributed by atoms with Crippen LogP contribution in [0.1, 0.15) is 45.1 Å². The molecule has 116 valence electrons. The quantitative estimate of drug-likeness (QED) is 0.770. The fraction of sp³-hybridized carbons (Fsp3) is 0.526. The third-order valence-corrected chi connectivity index (χ3v) is 4.14. The first-order chi connectivity index (χ1) is 10.0. The summed E-state index contributed by atoms with van der Waals surface area (Å²) in [6.07, 6.45) is 9.90. The summed E-state index contributed by atoms with van der Waals surface area (Å²) < 4.78 is 0. The molecule has 0 amide bonds. The summed E-state index contributed by atoms with van der Waals surface area (Å²) in [5.74, 6) is 1.09. The Hall–Kier alpha value is -1.57. The number of carboxylic acids is 1. The van der Waals surface area contributed by atoms with Crippen LogP contribution in [0.2, 0.25) is 0 Å². The van der Waals surface area contributed by atoms with Crippen LogP contribution in [0.4, 0.5) is 0 Å². The van der Waals surface area contributed by atoms with Crippen LogP contribution >= 0.6 is 0 Å². The highest BCUT2D eigenvalue weighted by Crippen LogP contribution is 2.38.